The molecule has 642 valence electrons. The number of fused-ring (bicyclic) bond motifs is 36. The van der Waals surface area contributed by atoms with Crippen molar-refractivity contribution < 1.29 is 0 Å². The average Bonchev–Trinajstić information content (AvgIpc) is 1.50. The summed E-state index contributed by atoms with van der Waals surface area (Å²) in [7, 11) is 0. The lowest BCUT2D eigenvalue weighted by Crippen LogP contribution is -2.25. The first-order valence-electron chi connectivity index (χ1n) is 45.7. The van der Waals surface area contributed by atoms with Crippen LogP contribution in [0.1, 0.15) is 66.8 Å². The van der Waals surface area contributed by atoms with Gasteiger partial charge in [0.1, 0.15) is 11.4 Å². The van der Waals surface area contributed by atoms with E-state index >= 15 is 0 Å². The Morgan fingerprint density at radius 2 is 0.514 bits per heavy atom. The summed E-state index contributed by atoms with van der Waals surface area (Å²) in [6.07, 6.45) is 17.7. The molecule has 138 heavy (non-hydrogen) atoms. The molecule has 0 aliphatic heterocycles. The molecule has 12 heterocycles. The minimum absolute atomic E-state index is 0.406. The van der Waals surface area contributed by atoms with Crippen molar-refractivity contribution in [2.75, 3.05) is 0 Å². The molecule has 18 heteroatoms. The topological polar surface area (TPSA) is 193 Å². The molecule has 0 bridgehead atoms. The first-order valence-corrected chi connectivity index (χ1v) is 48.2. The second-order valence-corrected chi connectivity index (χ2v) is 38.1. The minimum Gasteiger partial charge on any atom is -0.265 e. The number of hydrogen-bond acceptors (Lipinski definition) is 18. The normalized spacial score (nSPS) is 13.4. The van der Waals surface area contributed by atoms with Crippen molar-refractivity contribution in [2.45, 2.75) is 16.2 Å². The summed E-state index contributed by atoms with van der Waals surface area (Å²) in [5, 5.41) is 3.91. The molecule has 3 spiro atoms. The van der Waals surface area contributed by atoms with Crippen molar-refractivity contribution in [3.63, 3.8) is 0 Å². The van der Waals surface area contributed by atoms with Crippen LogP contribution < -0.4 is 0 Å². The van der Waals surface area contributed by atoms with Gasteiger partial charge in [0.25, 0.3) is 0 Å². The number of benzene rings is 12. The van der Waals surface area contributed by atoms with Gasteiger partial charge in [0.2, 0.25) is 0 Å². The third-order valence-corrected chi connectivity index (χ3v) is 31.6. The molecule has 24 aromatic rings. The number of rotatable bonds is 9. The third-order valence-electron chi connectivity index (χ3n) is 28.0. The van der Waals surface area contributed by atoms with E-state index in [0.29, 0.717) is 63.8 Å². The van der Waals surface area contributed by atoms with Crippen LogP contribution in [-0.4, -0.2) is 74.8 Å². The molecule has 30 rings (SSSR count). The fraction of sp³-hybridized carbons (Fsp3) is 0.0250. The monoisotopic (exact) mass is 1820 g/mol. The van der Waals surface area contributed by atoms with Crippen molar-refractivity contribution in [2.24, 2.45) is 0 Å². The molecule has 0 saturated carbocycles. The Morgan fingerprint density at radius 1 is 0.181 bits per heavy atom. The first-order chi connectivity index (χ1) is 68.4. The van der Waals surface area contributed by atoms with Crippen LogP contribution in [0.2, 0.25) is 0 Å². The van der Waals surface area contributed by atoms with E-state index in [1.54, 1.807) is 62.0 Å². The Bertz CT molecular complexity index is 8730. The molecular formula is C120H69N15S3. The van der Waals surface area contributed by atoms with Crippen LogP contribution in [0.4, 0.5) is 0 Å². The highest BCUT2D eigenvalue weighted by atomic mass is 32.1. The number of hydrogen-bond donors (Lipinski definition) is 0. The van der Waals surface area contributed by atoms with E-state index in [-0.39, 0.29) is 0 Å². The first kappa shape index (κ1) is 79.0. The standard InChI is InChI=1S/3C40H23N5S/c1-4-16-28-24(12-1)25-13-2-5-17-29(25)40(28)30-18-11-15-27(34(30)36-35(40)26-14-3-6-21-33(26)46-36)37-43-38(31-19-7-9-22-41-31)45-39(44-37)32-20-8-10-23-42-32;1-4-14-31-27(11-1)28-12-2-5-15-32(28)40(31)33-18-17-24(21-30(33)36-35(40)29-13-3-6-16-34(29)46-36)37-43-38(25-9-7-19-41-22-25)45-39(44-37)26-10-8-20-42-23-26;1-4-10-31-27(7-1)28-8-2-5-11-32(28)40(31)33-23-26(13-14-29(33)36-35(40)30-9-3-6-12-34(30)46-36)39-44-37(24-15-19-41-20-16-24)43-38(45-39)25-17-21-42-22-18-25/h3*1-23H. The lowest BCUT2D eigenvalue weighted by Gasteiger charge is -2.30. The van der Waals surface area contributed by atoms with Crippen LogP contribution in [0.3, 0.4) is 0 Å². The molecule has 0 saturated heterocycles. The van der Waals surface area contributed by atoms with Crippen LogP contribution in [0, 0.1) is 0 Å². The Morgan fingerprint density at radius 3 is 0.949 bits per heavy atom. The van der Waals surface area contributed by atoms with Crippen molar-refractivity contribution in [1.82, 2.24) is 74.8 Å². The van der Waals surface area contributed by atoms with Gasteiger partial charge in [0.05, 0.1) is 16.2 Å². The summed E-state index contributed by atoms with van der Waals surface area (Å²) < 4.78 is 3.88. The van der Waals surface area contributed by atoms with Gasteiger partial charge in [-0.2, -0.15) is 0 Å². The molecule has 6 aliphatic carbocycles. The highest BCUT2D eigenvalue weighted by Gasteiger charge is 2.57. The van der Waals surface area contributed by atoms with E-state index < -0.39 is 16.2 Å². The van der Waals surface area contributed by atoms with Gasteiger partial charge in [0.15, 0.2) is 52.4 Å². The molecule has 15 nitrogen and oxygen atoms in total. The minimum atomic E-state index is -0.464. The summed E-state index contributed by atoms with van der Waals surface area (Å²) in [5.74, 6) is 5.26. The summed E-state index contributed by atoms with van der Waals surface area (Å²) in [6, 6.07) is 127. The van der Waals surface area contributed by atoms with Crippen molar-refractivity contribution >= 4 is 64.3 Å². The number of thiophene rings is 3. The predicted molar refractivity (Wildman–Crippen MR) is 550 cm³/mol. The van der Waals surface area contributed by atoms with Crippen molar-refractivity contribution in [1.29, 1.82) is 0 Å². The Balaban J connectivity index is 0.000000102. The van der Waals surface area contributed by atoms with E-state index in [9.17, 15) is 0 Å². The maximum atomic E-state index is 5.10. The Hall–Kier alpha value is -17.6. The number of aromatic nitrogens is 15. The third kappa shape index (κ3) is 11.7. The summed E-state index contributed by atoms with van der Waals surface area (Å²) in [6.45, 7) is 0. The lowest BCUT2D eigenvalue weighted by molar-refractivity contribution is 0.802. The fourth-order valence-corrected chi connectivity index (χ4v) is 26.4. The second kappa shape index (κ2) is 31.3. The van der Waals surface area contributed by atoms with Crippen LogP contribution in [-0.2, 0) is 16.2 Å². The van der Waals surface area contributed by atoms with Crippen molar-refractivity contribution in [3.8, 4) is 167 Å². The molecule has 12 aromatic carbocycles. The molecule has 0 amide bonds. The van der Waals surface area contributed by atoms with Crippen molar-refractivity contribution in [3.05, 3.63) is 487 Å². The van der Waals surface area contributed by atoms with E-state index in [1.165, 1.54) is 162 Å². The zero-order valence-electron chi connectivity index (χ0n) is 73.3. The van der Waals surface area contributed by atoms with Crippen LogP contribution in [0.15, 0.2) is 420 Å². The van der Waals surface area contributed by atoms with Gasteiger partial charge in [-0.15, -0.1) is 34.0 Å². The van der Waals surface area contributed by atoms with E-state index in [4.69, 9.17) is 44.9 Å². The van der Waals surface area contributed by atoms with Gasteiger partial charge < -0.3 is 0 Å². The SMILES string of the molecule is c1ccc(-c2nc(-c3ccccn3)nc(-c3cccc4c3-c3sc5ccccc5c3C43c4ccccc4-c4ccccc43)n2)nc1.c1ccc2c(c1)-c1ccccc1C21c2cc(-c3nc(-c4ccncc4)nc(-c4ccncc4)n3)ccc2-c2sc3ccccc3c21.c1cncc(-c2nc(-c3cccnc3)nc(-c3ccc4c(c3)-c3sc5ccccc5c3C43c4ccccc4-c4ccccc43)n2)c1. The van der Waals surface area contributed by atoms with Gasteiger partial charge in [0, 0.05) is 135 Å². The van der Waals surface area contributed by atoms with Gasteiger partial charge >= 0.3 is 0 Å². The summed E-state index contributed by atoms with van der Waals surface area (Å²) >= 11 is 5.61. The van der Waals surface area contributed by atoms with Crippen LogP contribution in [0.25, 0.3) is 198 Å². The quantitative estimate of drug-likeness (QED) is 0.132. The fourth-order valence-electron chi connectivity index (χ4n) is 22.5. The van der Waals surface area contributed by atoms with E-state index in [0.717, 1.165) is 38.9 Å². The zero-order chi connectivity index (χ0) is 90.7. The predicted octanol–water partition coefficient (Wildman–Crippen LogP) is 27.7. The van der Waals surface area contributed by atoms with Crippen LogP contribution >= 0.6 is 34.0 Å². The molecule has 6 aliphatic rings. The van der Waals surface area contributed by atoms with E-state index in [1.807, 2.05) is 119 Å². The smallest absolute Gasteiger partial charge is 0.182 e. The van der Waals surface area contributed by atoms with Gasteiger partial charge in [-0.3, -0.25) is 29.9 Å². The number of pyridine rings is 6. The molecule has 0 radical (unpaired) electrons. The molecule has 0 fully saturated rings. The highest BCUT2D eigenvalue weighted by molar-refractivity contribution is 7.23. The van der Waals surface area contributed by atoms with Gasteiger partial charge in [-0.25, -0.2) is 44.9 Å². The second-order valence-electron chi connectivity index (χ2n) is 35.0. The Kier molecular flexibility index (Phi) is 17.9. The van der Waals surface area contributed by atoms with E-state index in [2.05, 4.69) is 303 Å². The lowest BCUT2D eigenvalue weighted by atomic mass is 9.70. The average molecular weight is 1820 g/mol. The van der Waals surface area contributed by atoms with Gasteiger partial charge in [-0.1, -0.05) is 255 Å². The largest absolute Gasteiger partial charge is 0.265 e. The maximum Gasteiger partial charge on any atom is 0.182 e. The zero-order valence-corrected chi connectivity index (χ0v) is 75.7. The summed E-state index contributed by atoms with van der Waals surface area (Å²) in [4.78, 5) is 75.0. The maximum absolute atomic E-state index is 5.10. The molecule has 0 atom stereocenters. The molecule has 0 N–H and O–H groups in total. The van der Waals surface area contributed by atoms with Gasteiger partial charge in [-0.05, 0) is 231 Å². The molecular weight excluding hydrogens is 1750 g/mol. The number of nitrogens with zero attached hydrogens (tertiary/aromatic N) is 15. The van der Waals surface area contributed by atoms with Crippen LogP contribution in [0.5, 0.6) is 0 Å². The molecule has 0 unspecified atom stereocenters. The summed E-state index contributed by atoms with van der Waals surface area (Å²) in [5.41, 5.74) is 33.7. The highest BCUT2D eigenvalue weighted by Crippen LogP contribution is 2.71. The molecule has 12 aromatic heterocycles. The Labute approximate surface area is 803 Å².